The Morgan fingerprint density at radius 2 is 1.69 bits per heavy atom. The molecule has 2 aromatic rings. The van der Waals surface area contributed by atoms with Crippen LogP contribution in [0.5, 0.6) is 0 Å². The normalized spacial score (nSPS) is 24.6. The highest BCUT2D eigenvalue weighted by Gasteiger charge is 2.52. The number of hydrogen-bond acceptors (Lipinski definition) is 7. The lowest BCUT2D eigenvalue weighted by Crippen LogP contribution is -2.41. The zero-order chi connectivity index (χ0) is 23.3. The fraction of sp³-hybridized carbons (Fsp3) is 0.609. The first-order valence-corrected chi connectivity index (χ1v) is 11.1. The monoisotopic (exact) mass is 440 g/mol. The van der Waals surface area contributed by atoms with Gasteiger partial charge in [-0.1, -0.05) is 19.9 Å². The highest BCUT2D eigenvalue weighted by Crippen LogP contribution is 2.36. The third-order valence-electron chi connectivity index (χ3n) is 6.71. The molecule has 0 radical (unpaired) electrons. The standard InChI is InChI=1S/C23H33BN4O4/c1-14(2)18-21(30-8)26-17(20(27-18)29-7)13-15-9-10-16(19-25-11-12-28(15)19)24-31-22(3,4)23(5,6)32-24/h9-12,14,17-18H,13H2,1-8H3. The molecule has 1 saturated heterocycles. The second kappa shape index (κ2) is 8.19. The van der Waals surface area contributed by atoms with E-state index in [4.69, 9.17) is 28.8 Å². The third kappa shape index (κ3) is 3.81. The highest BCUT2D eigenvalue weighted by atomic mass is 16.7. The molecule has 0 saturated carbocycles. The molecule has 0 aromatic carbocycles. The van der Waals surface area contributed by atoms with Crippen molar-refractivity contribution >= 4 is 30.0 Å². The van der Waals surface area contributed by atoms with Crippen molar-refractivity contribution in [1.29, 1.82) is 0 Å². The minimum atomic E-state index is -0.477. The van der Waals surface area contributed by atoms with Crippen molar-refractivity contribution in [3.8, 4) is 0 Å². The summed E-state index contributed by atoms with van der Waals surface area (Å²) in [6, 6.07) is 3.70. The van der Waals surface area contributed by atoms with E-state index in [9.17, 15) is 0 Å². The molecule has 4 heterocycles. The lowest BCUT2D eigenvalue weighted by Gasteiger charge is -2.32. The average molecular weight is 440 g/mol. The summed E-state index contributed by atoms with van der Waals surface area (Å²) in [6.45, 7) is 12.4. The number of aromatic nitrogens is 2. The predicted octanol–water partition coefficient (Wildman–Crippen LogP) is 2.67. The van der Waals surface area contributed by atoms with Gasteiger partial charge in [0, 0.05) is 30.0 Å². The van der Waals surface area contributed by atoms with E-state index in [-0.39, 0.29) is 18.0 Å². The van der Waals surface area contributed by atoms with Crippen LogP contribution in [0, 0.1) is 5.92 Å². The maximum absolute atomic E-state index is 6.26. The molecular formula is C23H33BN4O4. The molecule has 2 aliphatic heterocycles. The van der Waals surface area contributed by atoms with Gasteiger partial charge in [0.15, 0.2) is 0 Å². The molecule has 2 aliphatic rings. The Bertz CT molecular complexity index is 1040. The van der Waals surface area contributed by atoms with Crippen LogP contribution >= 0.6 is 0 Å². The van der Waals surface area contributed by atoms with Crippen LogP contribution in [0.2, 0.25) is 0 Å². The Balaban J connectivity index is 1.66. The number of imidazole rings is 1. The molecule has 2 unspecified atom stereocenters. The molecule has 0 N–H and O–H groups in total. The molecule has 1 fully saturated rings. The molecular weight excluding hydrogens is 407 g/mol. The first kappa shape index (κ1) is 22.8. The number of aliphatic imine (C=N–C) groups is 2. The van der Waals surface area contributed by atoms with Crippen LogP contribution < -0.4 is 5.46 Å². The van der Waals surface area contributed by atoms with Crippen LogP contribution in [-0.4, -0.2) is 65.8 Å². The van der Waals surface area contributed by atoms with Crippen LogP contribution in [0.3, 0.4) is 0 Å². The third-order valence-corrected chi connectivity index (χ3v) is 6.71. The summed E-state index contributed by atoms with van der Waals surface area (Å²) in [6.07, 6.45) is 4.34. The number of hydrogen-bond donors (Lipinski definition) is 0. The van der Waals surface area contributed by atoms with Crippen molar-refractivity contribution in [3.05, 3.63) is 30.2 Å². The van der Waals surface area contributed by atoms with E-state index in [0.29, 0.717) is 18.2 Å². The maximum Gasteiger partial charge on any atom is 0.498 e. The Labute approximate surface area is 190 Å². The molecule has 172 valence electrons. The zero-order valence-corrected chi connectivity index (χ0v) is 20.2. The molecule has 2 aromatic heterocycles. The zero-order valence-electron chi connectivity index (χ0n) is 20.2. The number of nitrogens with zero attached hydrogens (tertiary/aromatic N) is 4. The molecule has 8 nitrogen and oxygen atoms in total. The minimum absolute atomic E-state index is 0.134. The smallest absolute Gasteiger partial charge is 0.483 e. The topological polar surface area (TPSA) is 78.9 Å². The largest absolute Gasteiger partial charge is 0.498 e. The SMILES string of the molecule is COC1=NC(C(C)C)C(OC)=NC1Cc1ccc(B2OC(C)(C)C(C)(C)O2)c2nccn12. The summed E-state index contributed by atoms with van der Waals surface area (Å²) >= 11 is 0. The van der Waals surface area contributed by atoms with Gasteiger partial charge in [-0.25, -0.2) is 15.0 Å². The van der Waals surface area contributed by atoms with E-state index in [2.05, 4.69) is 57.0 Å². The Morgan fingerprint density at radius 3 is 2.28 bits per heavy atom. The molecule has 4 rings (SSSR count). The lowest BCUT2D eigenvalue weighted by molar-refractivity contribution is 0.00578. The fourth-order valence-corrected chi connectivity index (χ4v) is 4.10. The maximum atomic E-state index is 6.26. The van der Waals surface area contributed by atoms with Crippen LogP contribution in [-0.2, 0) is 25.2 Å². The summed E-state index contributed by atoms with van der Waals surface area (Å²) in [7, 11) is 2.81. The molecule has 0 amide bonds. The first-order valence-electron chi connectivity index (χ1n) is 11.1. The van der Waals surface area contributed by atoms with Gasteiger partial charge in [-0.3, -0.25) is 0 Å². The van der Waals surface area contributed by atoms with Gasteiger partial charge in [0.1, 0.15) is 17.7 Å². The van der Waals surface area contributed by atoms with E-state index >= 15 is 0 Å². The first-order chi connectivity index (χ1) is 15.1. The Morgan fingerprint density at radius 1 is 1.03 bits per heavy atom. The number of methoxy groups -OCH3 is 2. The van der Waals surface area contributed by atoms with E-state index in [1.807, 2.05) is 12.3 Å². The second-order valence-corrected chi connectivity index (χ2v) is 9.74. The van der Waals surface area contributed by atoms with E-state index in [1.54, 1.807) is 20.4 Å². The van der Waals surface area contributed by atoms with Crippen molar-refractivity contribution in [2.24, 2.45) is 15.9 Å². The van der Waals surface area contributed by atoms with E-state index < -0.39 is 18.3 Å². The molecule has 0 bridgehead atoms. The fourth-order valence-electron chi connectivity index (χ4n) is 4.10. The number of fused-ring (bicyclic) bond motifs is 1. The van der Waals surface area contributed by atoms with E-state index in [1.165, 1.54) is 0 Å². The highest BCUT2D eigenvalue weighted by molar-refractivity contribution is 6.64. The number of pyridine rings is 1. The van der Waals surface area contributed by atoms with Crippen LogP contribution in [0.25, 0.3) is 5.65 Å². The second-order valence-electron chi connectivity index (χ2n) is 9.74. The van der Waals surface area contributed by atoms with Crippen LogP contribution in [0.15, 0.2) is 34.5 Å². The number of rotatable bonds is 4. The summed E-state index contributed by atoms with van der Waals surface area (Å²) in [5, 5.41) is 0. The van der Waals surface area contributed by atoms with Crippen LogP contribution in [0.4, 0.5) is 0 Å². The van der Waals surface area contributed by atoms with Gasteiger partial charge in [-0.15, -0.1) is 0 Å². The van der Waals surface area contributed by atoms with Gasteiger partial charge in [-0.05, 0) is 39.7 Å². The van der Waals surface area contributed by atoms with Gasteiger partial charge in [0.25, 0.3) is 0 Å². The predicted molar refractivity (Wildman–Crippen MR) is 126 cm³/mol. The quantitative estimate of drug-likeness (QED) is 0.684. The summed E-state index contributed by atoms with van der Waals surface area (Å²) < 4.78 is 25.8. The molecule has 32 heavy (non-hydrogen) atoms. The summed E-state index contributed by atoms with van der Waals surface area (Å²) in [5.41, 5.74) is 1.93. The van der Waals surface area contributed by atoms with Crippen LogP contribution in [0.1, 0.15) is 47.2 Å². The van der Waals surface area contributed by atoms with E-state index in [0.717, 1.165) is 16.8 Å². The van der Waals surface area contributed by atoms with Crippen molar-refractivity contribution < 1.29 is 18.8 Å². The molecule has 0 spiro atoms. The lowest BCUT2D eigenvalue weighted by atomic mass is 9.79. The van der Waals surface area contributed by atoms with Gasteiger partial charge in [-0.2, -0.15) is 0 Å². The van der Waals surface area contributed by atoms with Crippen molar-refractivity contribution in [3.63, 3.8) is 0 Å². The minimum Gasteiger partial charge on any atom is -0.483 e. The van der Waals surface area contributed by atoms with Crippen molar-refractivity contribution in [1.82, 2.24) is 9.38 Å². The average Bonchev–Trinajstić information content (AvgIpc) is 3.30. The van der Waals surface area contributed by atoms with Gasteiger partial charge in [0.05, 0.1) is 25.4 Å². The Hall–Kier alpha value is -2.39. The summed E-state index contributed by atoms with van der Waals surface area (Å²) in [5.74, 6) is 1.52. The molecule has 9 heteroatoms. The van der Waals surface area contributed by atoms with Gasteiger partial charge < -0.3 is 23.2 Å². The molecule has 2 atom stereocenters. The summed E-state index contributed by atoms with van der Waals surface area (Å²) in [4.78, 5) is 14.2. The number of ether oxygens (including phenoxy) is 2. The molecule has 0 aliphatic carbocycles. The van der Waals surface area contributed by atoms with Crippen molar-refractivity contribution in [2.75, 3.05) is 14.2 Å². The van der Waals surface area contributed by atoms with Gasteiger partial charge in [0.2, 0.25) is 11.8 Å². The Kier molecular flexibility index (Phi) is 5.84. The van der Waals surface area contributed by atoms with Gasteiger partial charge >= 0.3 is 7.12 Å². The van der Waals surface area contributed by atoms with Crippen molar-refractivity contribution in [2.45, 2.75) is 71.2 Å².